The molecule has 4 aromatic rings. The van der Waals surface area contributed by atoms with Gasteiger partial charge in [0.15, 0.2) is 0 Å². The number of pyridine rings is 1. The number of aliphatic hydroxyl groups excluding tert-OH is 1. The zero-order valence-electron chi connectivity index (χ0n) is 22.9. The van der Waals surface area contributed by atoms with Crippen molar-refractivity contribution >= 4 is 21.7 Å². The maximum Gasteiger partial charge on any atom is 0.333 e. The zero-order valence-corrected chi connectivity index (χ0v) is 23.7. The molecule has 2 amide bonds. The summed E-state index contributed by atoms with van der Waals surface area (Å²) >= 11 is 0. The van der Waals surface area contributed by atoms with E-state index in [9.17, 15) is 22.7 Å². The fourth-order valence-corrected chi connectivity index (χ4v) is 5.67. The third kappa shape index (κ3) is 7.11. The van der Waals surface area contributed by atoms with Gasteiger partial charge in [0.1, 0.15) is 17.7 Å². The summed E-state index contributed by atoms with van der Waals surface area (Å²) in [5.41, 5.74) is 4.32. The van der Waals surface area contributed by atoms with Crippen LogP contribution in [0.4, 0.5) is 14.9 Å². The highest BCUT2D eigenvalue weighted by Gasteiger charge is 2.22. The summed E-state index contributed by atoms with van der Waals surface area (Å²) in [6, 6.07) is 18.6. The average Bonchev–Trinajstić information content (AvgIpc) is 2.98. The molecule has 3 aromatic carbocycles. The predicted molar refractivity (Wildman–Crippen MR) is 157 cm³/mol. The highest BCUT2D eigenvalue weighted by molar-refractivity contribution is 7.90. The fourth-order valence-electron chi connectivity index (χ4n) is 4.76. The number of benzene rings is 3. The first-order valence-electron chi connectivity index (χ1n) is 13.5. The number of nitrogens with one attached hydrogen (secondary N) is 3. The molecule has 1 aromatic heterocycles. The number of rotatable bonds is 9. The summed E-state index contributed by atoms with van der Waals surface area (Å²) in [5.74, 6) is 0.347. The zero-order chi connectivity index (χ0) is 29.7. The van der Waals surface area contributed by atoms with Gasteiger partial charge in [0, 0.05) is 36.7 Å². The van der Waals surface area contributed by atoms with Crippen molar-refractivity contribution in [3.05, 3.63) is 108 Å². The Morgan fingerprint density at radius 2 is 1.88 bits per heavy atom. The van der Waals surface area contributed by atoms with Crippen molar-refractivity contribution in [1.82, 2.24) is 15.0 Å². The van der Waals surface area contributed by atoms with Crippen LogP contribution < -0.4 is 20.1 Å². The van der Waals surface area contributed by atoms with Gasteiger partial charge in [-0.25, -0.2) is 22.3 Å². The second kappa shape index (κ2) is 12.7. The molecular formula is C31H31FN4O5S. The molecule has 1 aliphatic rings. The Kier molecular flexibility index (Phi) is 8.81. The molecular weight excluding hydrogens is 559 g/mol. The van der Waals surface area contributed by atoms with E-state index in [0.29, 0.717) is 24.3 Å². The number of urea groups is 1. The summed E-state index contributed by atoms with van der Waals surface area (Å²) in [5, 5.41) is 16.0. The van der Waals surface area contributed by atoms with Crippen LogP contribution in [0, 0.1) is 12.7 Å². The fraction of sp³-hybridized carbons (Fsp3) is 0.226. The number of fused-ring (bicyclic) bond motifs is 1. The van der Waals surface area contributed by atoms with Gasteiger partial charge in [-0.05, 0) is 90.6 Å². The molecule has 0 unspecified atom stereocenters. The van der Waals surface area contributed by atoms with Gasteiger partial charge < -0.3 is 20.5 Å². The van der Waals surface area contributed by atoms with Crippen LogP contribution in [-0.2, 0) is 16.4 Å². The van der Waals surface area contributed by atoms with Crippen molar-refractivity contribution in [2.75, 3.05) is 18.4 Å². The third-order valence-corrected chi connectivity index (χ3v) is 8.38. The van der Waals surface area contributed by atoms with Crippen LogP contribution in [0.2, 0.25) is 0 Å². The number of ether oxygens (including phenoxy) is 1. The molecule has 4 N–H and O–H groups in total. The predicted octanol–water partition coefficient (Wildman–Crippen LogP) is 4.72. The Morgan fingerprint density at radius 3 is 2.62 bits per heavy atom. The largest absolute Gasteiger partial charge is 0.489 e. The lowest BCUT2D eigenvalue weighted by Crippen LogP contribution is -2.36. The van der Waals surface area contributed by atoms with Gasteiger partial charge in [-0.1, -0.05) is 24.3 Å². The lowest BCUT2D eigenvalue weighted by Gasteiger charge is -2.27. The van der Waals surface area contributed by atoms with Crippen molar-refractivity contribution in [3.8, 4) is 16.9 Å². The first kappa shape index (κ1) is 29.2. The van der Waals surface area contributed by atoms with E-state index in [-0.39, 0.29) is 11.0 Å². The number of amides is 2. The summed E-state index contributed by atoms with van der Waals surface area (Å²) in [6.45, 7) is 2.61. The summed E-state index contributed by atoms with van der Waals surface area (Å²) < 4.78 is 47.0. The SMILES string of the molecule is Cc1cc(F)ccc1NC(=O)NS(=O)(=O)c1ccc(-c2ccc3c(c2)CC[C@H](CNC[C@H](O)c2cccnc2)O3)cc1. The van der Waals surface area contributed by atoms with Crippen LogP contribution in [0.15, 0.2) is 90.1 Å². The van der Waals surface area contributed by atoms with Gasteiger partial charge in [-0.15, -0.1) is 0 Å². The number of nitrogens with zero attached hydrogens (tertiary/aromatic N) is 1. The Morgan fingerprint density at radius 1 is 1.10 bits per heavy atom. The summed E-state index contributed by atoms with van der Waals surface area (Å²) in [4.78, 5) is 16.3. The minimum atomic E-state index is -4.13. The van der Waals surface area contributed by atoms with Gasteiger partial charge in [0.05, 0.1) is 11.0 Å². The van der Waals surface area contributed by atoms with Crippen LogP contribution in [0.1, 0.15) is 29.2 Å². The van der Waals surface area contributed by atoms with Crippen molar-refractivity contribution in [2.45, 2.75) is 36.9 Å². The van der Waals surface area contributed by atoms with Crippen molar-refractivity contribution < 1.29 is 27.4 Å². The quantitative estimate of drug-likeness (QED) is 0.222. The monoisotopic (exact) mass is 590 g/mol. The van der Waals surface area contributed by atoms with Gasteiger partial charge in [0.2, 0.25) is 0 Å². The van der Waals surface area contributed by atoms with E-state index in [1.807, 2.05) is 29.0 Å². The number of aromatic nitrogens is 1. The standard InChI is InChI=1S/C31H31FN4O5S/c1-20-15-25(32)8-12-28(20)35-31(38)36-42(39,40)27-10-5-21(6-11-27)22-7-13-30-23(16-22)4-9-26(41-30)18-34-19-29(37)24-3-2-14-33-17-24/h2-3,5-8,10-17,26,29,34,37H,4,9,18-19H2,1H3,(H2,35,36,38)/t26-,29+/m1/s1. The first-order valence-corrected chi connectivity index (χ1v) is 14.9. The molecule has 9 nitrogen and oxygen atoms in total. The van der Waals surface area contributed by atoms with Crippen molar-refractivity contribution in [1.29, 1.82) is 0 Å². The normalized spacial score (nSPS) is 15.3. The van der Waals surface area contributed by atoms with Crippen LogP contribution in [-0.4, -0.2) is 43.7 Å². The van der Waals surface area contributed by atoms with Crippen LogP contribution >= 0.6 is 0 Å². The minimum absolute atomic E-state index is 0.0226. The minimum Gasteiger partial charge on any atom is -0.489 e. The van der Waals surface area contributed by atoms with E-state index in [2.05, 4.69) is 15.6 Å². The topological polar surface area (TPSA) is 130 Å². The van der Waals surface area contributed by atoms with E-state index in [1.54, 1.807) is 37.5 Å². The van der Waals surface area contributed by atoms with Gasteiger partial charge in [-0.3, -0.25) is 4.98 Å². The van der Waals surface area contributed by atoms with E-state index < -0.39 is 28.0 Å². The summed E-state index contributed by atoms with van der Waals surface area (Å²) in [7, 11) is -4.13. The maximum atomic E-state index is 13.3. The second-order valence-electron chi connectivity index (χ2n) is 10.1. The Balaban J connectivity index is 1.16. The van der Waals surface area contributed by atoms with E-state index in [1.165, 1.54) is 30.3 Å². The highest BCUT2D eigenvalue weighted by Crippen LogP contribution is 2.32. The Hall–Kier alpha value is -4.32. The Bertz CT molecular complexity index is 1670. The molecule has 1 aliphatic heterocycles. The molecule has 11 heteroatoms. The van der Waals surface area contributed by atoms with Crippen LogP contribution in [0.25, 0.3) is 11.1 Å². The Labute approximate surface area is 243 Å². The third-order valence-electron chi connectivity index (χ3n) is 7.03. The molecule has 0 bridgehead atoms. The highest BCUT2D eigenvalue weighted by atomic mass is 32.2. The molecule has 0 saturated heterocycles. The maximum absolute atomic E-state index is 13.3. The van der Waals surface area contributed by atoms with Gasteiger partial charge >= 0.3 is 6.03 Å². The number of aliphatic hydroxyl groups is 1. The van der Waals surface area contributed by atoms with Crippen LogP contribution in [0.5, 0.6) is 5.75 Å². The first-order chi connectivity index (χ1) is 20.2. The lowest BCUT2D eigenvalue weighted by atomic mass is 9.97. The number of hydrogen-bond acceptors (Lipinski definition) is 7. The number of hydrogen-bond donors (Lipinski definition) is 4. The lowest BCUT2D eigenvalue weighted by molar-refractivity contribution is 0.146. The number of sulfonamides is 1. The van der Waals surface area contributed by atoms with Crippen molar-refractivity contribution in [3.63, 3.8) is 0 Å². The number of carbonyl (C=O) groups excluding carboxylic acids is 1. The summed E-state index contributed by atoms with van der Waals surface area (Å²) in [6.07, 6.45) is 4.29. The molecule has 0 fully saturated rings. The number of aryl methyl sites for hydroxylation is 2. The molecule has 0 spiro atoms. The second-order valence-corrected chi connectivity index (χ2v) is 11.8. The van der Waals surface area contributed by atoms with E-state index in [0.717, 1.165) is 40.8 Å². The molecule has 218 valence electrons. The van der Waals surface area contributed by atoms with Gasteiger partial charge in [-0.2, -0.15) is 0 Å². The number of anilines is 1. The molecule has 2 atom stereocenters. The van der Waals surface area contributed by atoms with Crippen LogP contribution in [0.3, 0.4) is 0 Å². The molecule has 42 heavy (non-hydrogen) atoms. The van der Waals surface area contributed by atoms with Crippen molar-refractivity contribution in [2.24, 2.45) is 0 Å². The molecule has 5 rings (SSSR count). The number of halogens is 1. The van der Waals surface area contributed by atoms with E-state index in [4.69, 9.17) is 4.74 Å². The molecule has 0 saturated carbocycles. The molecule has 2 heterocycles. The molecule has 0 aliphatic carbocycles. The van der Waals surface area contributed by atoms with Gasteiger partial charge in [0.25, 0.3) is 10.0 Å². The van der Waals surface area contributed by atoms with E-state index >= 15 is 0 Å². The smallest absolute Gasteiger partial charge is 0.333 e. The number of carbonyl (C=O) groups is 1. The average molecular weight is 591 g/mol. The molecule has 0 radical (unpaired) electrons.